The van der Waals surface area contributed by atoms with Gasteiger partial charge in [0.25, 0.3) is 0 Å². The molecule has 0 saturated heterocycles. The minimum atomic E-state index is 0.331. The second kappa shape index (κ2) is 5.65. The number of aromatic nitrogens is 3. The van der Waals surface area contributed by atoms with Crippen LogP contribution in [0.4, 0.5) is 0 Å². The Balaban J connectivity index is 2.13. The van der Waals surface area contributed by atoms with E-state index in [2.05, 4.69) is 17.0 Å². The summed E-state index contributed by atoms with van der Waals surface area (Å²) in [6.45, 7) is 4.27. The number of ether oxygens (including phenoxy) is 1. The van der Waals surface area contributed by atoms with Crippen molar-refractivity contribution in [3.8, 4) is 5.75 Å². The zero-order valence-corrected chi connectivity index (χ0v) is 11.4. The van der Waals surface area contributed by atoms with Gasteiger partial charge in [0, 0.05) is 12.7 Å². The maximum Gasteiger partial charge on any atom is 0.172 e. The minimum absolute atomic E-state index is 0.331. The van der Waals surface area contributed by atoms with Crippen LogP contribution < -0.4 is 4.74 Å². The first kappa shape index (κ1) is 13.3. The van der Waals surface area contributed by atoms with Crippen molar-refractivity contribution in [3.05, 3.63) is 41.0 Å². The SMILES string of the molecule is CCc1cc(COc2ccc(C)nc2C=O)n(C)n1. The van der Waals surface area contributed by atoms with E-state index in [9.17, 15) is 4.79 Å². The molecular weight excluding hydrogens is 242 g/mol. The monoisotopic (exact) mass is 259 g/mol. The van der Waals surface area contributed by atoms with E-state index in [1.165, 1.54) is 0 Å². The van der Waals surface area contributed by atoms with E-state index in [1.807, 2.05) is 26.1 Å². The van der Waals surface area contributed by atoms with Gasteiger partial charge in [-0.15, -0.1) is 0 Å². The lowest BCUT2D eigenvalue weighted by atomic mass is 10.3. The van der Waals surface area contributed by atoms with Crippen LogP contribution in [-0.2, 0) is 20.1 Å². The molecule has 0 N–H and O–H groups in total. The molecule has 5 heteroatoms. The number of carbonyl (C=O) groups excluding carboxylic acids is 1. The molecule has 0 aliphatic carbocycles. The Morgan fingerprint density at radius 2 is 2.21 bits per heavy atom. The lowest BCUT2D eigenvalue weighted by molar-refractivity contribution is 0.111. The van der Waals surface area contributed by atoms with Crippen molar-refractivity contribution in [2.45, 2.75) is 26.9 Å². The number of pyridine rings is 1. The number of aryl methyl sites for hydroxylation is 3. The molecule has 2 heterocycles. The van der Waals surface area contributed by atoms with Gasteiger partial charge in [0.1, 0.15) is 18.1 Å². The number of aldehydes is 1. The lowest BCUT2D eigenvalue weighted by Gasteiger charge is -2.08. The molecule has 0 aliphatic rings. The van der Waals surface area contributed by atoms with Crippen molar-refractivity contribution in [1.82, 2.24) is 14.8 Å². The molecule has 19 heavy (non-hydrogen) atoms. The topological polar surface area (TPSA) is 57.0 Å². The van der Waals surface area contributed by atoms with Gasteiger partial charge in [-0.1, -0.05) is 6.92 Å². The van der Waals surface area contributed by atoms with Crippen molar-refractivity contribution in [2.24, 2.45) is 7.05 Å². The second-order valence-corrected chi connectivity index (χ2v) is 4.35. The molecule has 2 aromatic heterocycles. The van der Waals surface area contributed by atoms with Crippen LogP contribution in [0.3, 0.4) is 0 Å². The van der Waals surface area contributed by atoms with Gasteiger partial charge >= 0.3 is 0 Å². The molecule has 2 aromatic rings. The summed E-state index contributed by atoms with van der Waals surface area (Å²) in [6.07, 6.45) is 1.60. The summed E-state index contributed by atoms with van der Waals surface area (Å²) in [5.74, 6) is 0.500. The molecule has 0 bridgehead atoms. The van der Waals surface area contributed by atoms with Gasteiger partial charge in [-0.05, 0) is 31.5 Å². The summed E-state index contributed by atoms with van der Waals surface area (Å²) in [4.78, 5) is 15.1. The Hall–Kier alpha value is -2.17. The van der Waals surface area contributed by atoms with Crippen molar-refractivity contribution in [3.63, 3.8) is 0 Å². The van der Waals surface area contributed by atoms with E-state index < -0.39 is 0 Å². The van der Waals surface area contributed by atoms with Gasteiger partial charge < -0.3 is 4.74 Å². The van der Waals surface area contributed by atoms with Crippen LogP contribution in [-0.4, -0.2) is 21.1 Å². The number of rotatable bonds is 5. The Morgan fingerprint density at radius 1 is 1.42 bits per heavy atom. The molecule has 5 nitrogen and oxygen atoms in total. The van der Waals surface area contributed by atoms with Crippen molar-refractivity contribution in [1.29, 1.82) is 0 Å². The normalized spacial score (nSPS) is 10.5. The first-order valence-corrected chi connectivity index (χ1v) is 6.21. The first-order chi connectivity index (χ1) is 9.13. The highest BCUT2D eigenvalue weighted by atomic mass is 16.5. The van der Waals surface area contributed by atoms with Gasteiger partial charge in [0.15, 0.2) is 6.29 Å². The molecular formula is C14H17N3O2. The van der Waals surface area contributed by atoms with Crippen molar-refractivity contribution in [2.75, 3.05) is 0 Å². The summed E-state index contributed by atoms with van der Waals surface area (Å²) < 4.78 is 7.45. The van der Waals surface area contributed by atoms with Gasteiger partial charge in [-0.3, -0.25) is 9.48 Å². The Kier molecular flexibility index (Phi) is 3.94. The highest BCUT2D eigenvalue weighted by Gasteiger charge is 2.08. The molecule has 0 aromatic carbocycles. The molecule has 0 fully saturated rings. The van der Waals surface area contributed by atoms with Crippen LogP contribution >= 0.6 is 0 Å². The lowest BCUT2D eigenvalue weighted by Crippen LogP contribution is -2.05. The van der Waals surface area contributed by atoms with Gasteiger partial charge in [0.2, 0.25) is 0 Å². The first-order valence-electron chi connectivity index (χ1n) is 6.21. The zero-order valence-electron chi connectivity index (χ0n) is 11.4. The van der Waals surface area contributed by atoms with Gasteiger partial charge in [0.05, 0.1) is 11.4 Å². The quantitative estimate of drug-likeness (QED) is 0.771. The smallest absolute Gasteiger partial charge is 0.172 e. The van der Waals surface area contributed by atoms with E-state index in [-0.39, 0.29) is 0 Å². The second-order valence-electron chi connectivity index (χ2n) is 4.35. The van der Waals surface area contributed by atoms with Crippen LogP contribution in [0.15, 0.2) is 18.2 Å². The average molecular weight is 259 g/mol. The number of hydrogen-bond donors (Lipinski definition) is 0. The summed E-state index contributed by atoms with van der Waals surface area (Å²) in [5.41, 5.74) is 3.12. The third-order valence-electron chi connectivity index (χ3n) is 2.90. The zero-order chi connectivity index (χ0) is 13.8. The van der Waals surface area contributed by atoms with Gasteiger partial charge in [-0.25, -0.2) is 4.98 Å². The third-order valence-corrected chi connectivity index (χ3v) is 2.90. The van der Waals surface area contributed by atoms with Crippen LogP contribution in [0.25, 0.3) is 0 Å². The predicted octanol–water partition coefficient (Wildman–Crippen LogP) is 2.08. The molecule has 0 radical (unpaired) electrons. The fourth-order valence-electron chi connectivity index (χ4n) is 1.80. The maximum atomic E-state index is 10.9. The van der Waals surface area contributed by atoms with Crippen LogP contribution in [0.5, 0.6) is 5.75 Å². The summed E-state index contributed by atoms with van der Waals surface area (Å²) >= 11 is 0. The van der Waals surface area contributed by atoms with E-state index in [1.54, 1.807) is 10.7 Å². The number of nitrogens with zero attached hydrogens (tertiary/aromatic N) is 3. The molecule has 0 amide bonds. The molecule has 0 aliphatic heterocycles. The fourth-order valence-corrected chi connectivity index (χ4v) is 1.80. The Bertz CT molecular complexity index is 590. The number of hydrogen-bond acceptors (Lipinski definition) is 4. The van der Waals surface area contributed by atoms with Gasteiger partial charge in [-0.2, -0.15) is 5.10 Å². The standard InChI is InChI=1S/C14H17N3O2/c1-4-11-7-12(17(3)16-11)9-19-14-6-5-10(2)15-13(14)8-18/h5-8H,4,9H2,1-3H3. The fraction of sp³-hybridized carbons (Fsp3) is 0.357. The molecule has 0 saturated carbocycles. The van der Waals surface area contributed by atoms with E-state index in [0.29, 0.717) is 24.3 Å². The van der Waals surface area contributed by atoms with Crippen molar-refractivity contribution >= 4 is 6.29 Å². The molecule has 0 atom stereocenters. The Labute approximate surface area is 112 Å². The van der Waals surface area contributed by atoms with Crippen LogP contribution in [0.1, 0.15) is 34.5 Å². The maximum absolute atomic E-state index is 10.9. The van der Waals surface area contributed by atoms with E-state index in [0.717, 1.165) is 23.5 Å². The van der Waals surface area contributed by atoms with Crippen LogP contribution in [0.2, 0.25) is 0 Å². The molecule has 100 valence electrons. The van der Waals surface area contributed by atoms with Crippen molar-refractivity contribution < 1.29 is 9.53 Å². The van der Waals surface area contributed by atoms with Crippen LogP contribution in [0, 0.1) is 6.92 Å². The average Bonchev–Trinajstić information content (AvgIpc) is 2.78. The summed E-state index contributed by atoms with van der Waals surface area (Å²) in [7, 11) is 1.88. The third kappa shape index (κ3) is 2.99. The minimum Gasteiger partial charge on any atom is -0.485 e. The molecule has 0 unspecified atom stereocenters. The summed E-state index contributed by atoms with van der Waals surface area (Å²) in [5, 5.41) is 4.35. The number of carbonyl (C=O) groups is 1. The van der Waals surface area contributed by atoms with E-state index >= 15 is 0 Å². The largest absolute Gasteiger partial charge is 0.485 e. The highest BCUT2D eigenvalue weighted by molar-refractivity contribution is 5.76. The predicted molar refractivity (Wildman–Crippen MR) is 71.3 cm³/mol. The molecule has 0 spiro atoms. The molecule has 2 rings (SSSR count). The Morgan fingerprint density at radius 3 is 2.84 bits per heavy atom. The van der Waals surface area contributed by atoms with E-state index in [4.69, 9.17) is 4.74 Å². The summed E-state index contributed by atoms with van der Waals surface area (Å²) in [6, 6.07) is 5.59. The highest BCUT2D eigenvalue weighted by Crippen LogP contribution is 2.17.